The van der Waals surface area contributed by atoms with Gasteiger partial charge in [0.25, 0.3) is 0 Å². The van der Waals surface area contributed by atoms with E-state index < -0.39 is 0 Å². The van der Waals surface area contributed by atoms with E-state index in [1.807, 2.05) is 24.3 Å². The fourth-order valence-electron chi connectivity index (χ4n) is 1.11. The molecule has 0 aromatic heterocycles. The van der Waals surface area contributed by atoms with Gasteiger partial charge in [0.2, 0.25) is 0 Å². The van der Waals surface area contributed by atoms with Crippen molar-refractivity contribution in [3.8, 4) is 23.3 Å². The first-order valence-electron chi connectivity index (χ1n) is 5.30. The number of nitrogens with one attached hydrogen (secondary N) is 1. The zero-order valence-corrected chi connectivity index (χ0v) is 9.75. The Hall–Kier alpha value is -1.66. The molecule has 0 bridgehead atoms. The molecule has 0 saturated carbocycles. The minimum absolute atomic E-state index is 0.401. The van der Waals surface area contributed by atoms with Gasteiger partial charge in [-0.3, -0.25) is 0 Å². The van der Waals surface area contributed by atoms with Gasteiger partial charge in [-0.1, -0.05) is 24.8 Å². The van der Waals surface area contributed by atoms with Crippen LogP contribution in [0.1, 0.15) is 6.92 Å². The van der Waals surface area contributed by atoms with E-state index >= 15 is 0 Å². The topological polar surface area (TPSA) is 30.5 Å². The van der Waals surface area contributed by atoms with Crippen LogP contribution in [0.5, 0.6) is 11.5 Å². The molecule has 1 N–H and O–H groups in total. The molecule has 0 amide bonds. The van der Waals surface area contributed by atoms with Crippen molar-refractivity contribution in [1.82, 2.24) is 5.32 Å². The smallest absolute Gasteiger partial charge is 0.149 e. The molecule has 1 aromatic carbocycles. The highest BCUT2D eigenvalue weighted by molar-refractivity contribution is 5.33. The van der Waals surface area contributed by atoms with Crippen LogP contribution in [0.25, 0.3) is 0 Å². The van der Waals surface area contributed by atoms with E-state index in [9.17, 15) is 0 Å². The molecule has 1 aromatic rings. The standard InChI is InChI=1S/C13H17NO2/c1-3-14-9-4-5-10-16-13-8-6-7-12(11-13)15-2/h6-8,11,14H,3,9-10H2,1-2H3. The van der Waals surface area contributed by atoms with Crippen molar-refractivity contribution in [1.29, 1.82) is 0 Å². The Morgan fingerprint density at radius 1 is 1.25 bits per heavy atom. The Morgan fingerprint density at radius 3 is 2.81 bits per heavy atom. The van der Waals surface area contributed by atoms with Gasteiger partial charge < -0.3 is 14.8 Å². The highest BCUT2D eigenvalue weighted by Crippen LogP contribution is 2.18. The first-order valence-corrected chi connectivity index (χ1v) is 5.30. The molecule has 3 heteroatoms. The minimum Gasteiger partial charge on any atom is -0.497 e. The summed E-state index contributed by atoms with van der Waals surface area (Å²) in [6.45, 7) is 4.09. The lowest BCUT2D eigenvalue weighted by molar-refractivity contribution is 0.363. The van der Waals surface area contributed by atoms with Crippen LogP contribution < -0.4 is 14.8 Å². The summed E-state index contributed by atoms with van der Waals surface area (Å²) in [5.74, 6) is 7.46. The third-order valence-electron chi connectivity index (χ3n) is 1.94. The molecule has 0 aliphatic heterocycles. The van der Waals surface area contributed by atoms with Crippen LogP contribution in [0.2, 0.25) is 0 Å². The Kier molecular flexibility index (Phi) is 5.90. The van der Waals surface area contributed by atoms with Crippen LogP contribution in [0.3, 0.4) is 0 Å². The van der Waals surface area contributed by atoms with Crippen molar-refractivity contribution in [3.05, 3.63) is 24.3 Å². The molecule has 3 nitrogen and oxygen atoms in total. The molecule has 0 aliphatic rings. The van der Waals surface area contributed by atoms with Crippen molar-refractivity contribution < 1.29 is 9.47 Å². The number of hydrogen-bond donors (Lipinski definition) is 1. The SMILES string of the molecule is CCNCC#CCOc1cccc(OC)c1. The monoisotopic (exact) mass is 219 g/mol. The molecule has 0 aliphatic carbocycles. The molecular formula is C13H17NO2. The Labute approximate surface area is 96.8 Å². The summed E-state index contributed by atoms with van der Waals surface area (Å²) in [6, 6.07) is 7.49. The largest absolute Gasteiger partial charge is 0.497 e. The molecule has 0 fully saturated rings. The van der Waals surface area contributed by atoms with E-state index in [0.29, 0.717) is 13.2 Å². The van der Waals surface area contributed by atoms with Crippen LogP contribution in [0.4, 0.5) is 0 Å². The third kappa shape index (κ3) is 4.72. The highest BCUT2D eigenvalue weighted by Gasteiger charge is 1.94. The minimum atomic E-state index is 0.401. The van der Waals surface area contributed by atoms with E-state index in [1.54, 1.807) is 7.11 Å². The van der Waals surface area contributed by atoms with E-state index in [4.69, 9.17) is 9.47 Å². The molecule has 1 rings (SSSR count). The highest BCUT2D eigenvalue weighted by atomic mass is 16.5. The molecule has 0 spiro atoms. The number of methoxy groups -OCH3 is 1. The molecule has 0 saturated heterocycles. The number of benzene rings is 1. The van der Waals surface area contributed by atoms with Gasteiger partial charge in [0, 0.05) is 6.07 Å². The Balaban J connectivity index is 2.32. The summed E-state index contributed by atoms with van der Waals surface area (Å²) in [5, 5.41) is 3.12. The summed E-state index contributed by atoms with van der Waals surface area (Å²) < 4.78 is 10.5. The van der Waals surface area contributed by atoms with Crippen LogP contribution in [0.15, 0.2) is 24.3 Å². The number of rotatable bonds is 5. The lowest BCUT2D eigenvalue weighted by Gasteiger charge is -2.04. The molecule has 0 unspecified atom stereocenters. The Bertz CT molecular complexity index is 366. The van der Waals surface area contributed by atoms with Crippen LogP contribution in [0, 0.1) is 11.8 Å². The molecule has 0 atom stereocenters. The zero-order valence-electron chi connectivity index (χ0n) is 9.75. The predicted octanol–water partition coefficient (Wildman–Crippen LogP) is 1.69. The van der Waals surface area contributed by atoms with Gasteiger partial charge in [0.1, 0.15) is 18.1 Å². The van der Waals surface area contributed by atoms with Crippen molar-refractivity contribution >= 4 is 0 Å². The quantitative estimate of drug-likeness (QED) is 0.604. The molecule has 0 radical (unpaired) electrons. The van der Waals surface area contributed by atoms with E-state index in [2.05, 4.69) is 24.1 Å². The molecule has 86 valence electrons. The van der Waals surface area contributed by atoms with Gasteiger partial charge in [-0.15, -0.1) is 0 Å². The van der Waals surface area contributed by atoms with Crippen molar-refractivity contribution in [2.24, 2.45) is 0 Å². The van der Waals surface area contributed by atoms with Crippen LogP contribution >= 0.6 is 0 Å². The summed E-state index contributed by atoms with van der Waals surface area (Å²) in [4.78, 5) is 0. The molecular weight excluding hydrogens is 202 g/mol. The molecule has 16 heavy (non-hydrogen) atoms. The second kappa shape index (κ2) is 7.61. The van der Waals surface area contributed by atoms with Crippen molar-refractivity contribution in [2.45, 2.75) is 6.92 Å². The normalized spacial score (nSPS) is 9.12. The van der Waals surface area contributed by atoms with Gasteiger partial charge in [0.15, 0.2) is 0 Å². The predicted molar refractivity (Wildman–Crippen MR) is 64.8 cm³/mol. The number of hydrogen-bond acceptors (Lipinski definition) is 3. The first-order chi connectivity index (χ1) is 7.86. The fourth-order valence-corrected chi connectivity index (χ4v) is 1.11. The zero-order chi connectivity index (χ0) is 11.6. The van der Waals surface area contributed by atoms with E-state index in [0.717, 1.165) is 18.0 Å². The summed E-state index contributed by atoms with van der Waals surface area (Å²) in [5.41, 5.74) is 0. The average Bonchev–Trinajstić information content (AvgIpc) is 2.34. The van der Waals surface area contributed by atoms with E-state index in [-0.39, 0.29) is 0 Å². The summed E-state index contributed by atoms with van der Waals surface area (Å²) in [6.07, 6.45) is 0. The second-order valence-corrected chi connectivity index (χ2v) is 3.10. The maximum Gasteiger partial charge on any atom is 0.149 e. The van der Waals surface area contributed by atoms with Crippen molar-refractivity contribution in [2.75, 3.05) is 26.8 Å². The van der Waals surface area contributed by atoms with Crippen LogP contribution in [-0.4, -0.2) is 26.8 Å². The maximum atomic E-state index is 5.45. The third-order valence-corrected chi connectivity index (χ3v) is 1.94. The lowest BCUT2D eigenvalue weighted by atomic mass is 10.3. The Morgan fingerprint density at radius 2 is 2.06 bits per heavy atom. The maximum absolute atomic E-state index is 5.45. The van der Waals surface area contributed by atoms with Crippen LogP contribution in [-0.2, 0) is 0 Å². The second-order valence-electron chi connectivity index (χ2n) is 3.10. The van der Waals surface area contributed by atoms with Gasteiger partial charge >= 0.3 is 0 Å². The van der Waals surface area contributed by atoms with Gasteiger partial charge in [-0.2, -0.15) is 0 Å². The average molecular weight is 219 g/mol. The molecule has 0 heterocycles. The van der Waals surface area contributed by atoms with Crippen molar-refractivity contribution in [3.63, 3.8) is 0 Å². The number of ether oxygens (including phenoxy) is 2. The van der Waals surface area contributed by atoms with Gasteiger partial charge in [-0.25, -0.2) is 0 Å². The lowest BCUT2D eigenvalue weighted by Crippen LogP contribution is -2.12. The first kappa shape index (κ1) is 12.4. The summed E-state index contributed by atoms with van der Waals surface area (Å²) in [7, 11) is 1.63. The van der Waals surface area contributed by atoms with E-state index in [1.165, 1.54) is 0 Å². The van der Waals surface area contributed by atoms with Gasteiger partial charge in [-0.05, 0) is 18.7 Å². The summed E-state index contributed by atoms with van der Waals surface area (Å²) >= 11 is 0. The fraction of sp³-hybridized carbons (Fsp3) is 0.385. The van der Waals surface area contributed by atoms with Gasteiger partial charge in [0.05, 0.1) is 13.7 Å².